The first kappa shape index (κ1) is 17.9. The van der Waals surface area contributed by atoms with Gasteiger partial charge >= 0.3 is 11.9 Å². The minimum atomic E-state index is -1.07. The molecule has 5 heteroatoms. The van der Waals surface area contributed by atoms with Crippen molar-refractivity contribution >= 4 is 18.0 Å². The molecule has 0 fully saturated rings. The molecule has 0 saturated carbocycles. The van der Waals surface area contributed by atoms with E-state index in [9.17, 15) is 14.0 Å². The third-order valence-electron chi connectivity index (χ3n) is 3.27. The molecular weight excluding hydrogens is 287 g/mol. The van der Waals surface area contributed by atoms with Gasteiger partial charge in [-0.3, -0.25) is 4.79 Å². The van der Waals surface area contributed by atoms with E-state index in [-0.39, 0.29) is 19.2 Å². The first-order valence-corrected chi connectivity index (χ1v) is 7.13. The maximum absolute atomic E-state index is 13.6. The SMILES string of the molecule is CCC(C)(C)C(=O)OCCOC(=O)/C(F)=C/c1ccccc1. The number of hydrogen-bond acceptors (Lipinski definition) is 4. The summed E-state index contributed by atoms with van der Waals surface area (Å²) in [5, 5.41) is 0. The van der Waals surface area contributed by atoms with Crippen LogP contribution < -0.4 is 0 Å². The summed E-state index contributed by atoms with van der Waals surface area (Å²) >= 11 is 0. The Morgan fingerprint density at radius 3 is 2.32 bits per heavy atom. The highest BCUT2D eigenvalue weighted by molar-refractivity contribution is 5.91. The predicted molar refractivity (Wildman–Crippen MR) is 81.5 cm³/mol. The second-order valence-electron chi connectivity index (χ2n) is 5.41. The van der Waals surface area contributed by atoms with Gasteiger partial charge in [0.05, 0.1) is 5.41 Å². The minimum absolute atomic E-state index is 0.0907. The fourth-order valence-electron chi connectivity index (χ4n) is 1.43. The molecule has 22 heavy (non-hydrogen) atoms. The molecule has 0 N–H and O–H groups in total. The van der Waals surface area contributed by atoms with Gasteiger partial charge in [-0.2, -0.15) is 4.39 Å². The molecule has 120 valence electrons. The number of hydrogen-bond donors (Lipinski definition) is 0. The highest BCUT2D eigenvalue weighted by Gasteiger charge is 2.26. The molecule has 0 bridgehead atoms. The Morgan fingerprint density at radius 1 is 1.14 bits per heavy atom. The van der Waals surface area contributed by atoms with Crippen LogP contribution in [0, 0.1) is 5.41 Å². The van der Waals surface area contributed by atoms with E-state index in [0.29, 0.717) is 12.0 Å². The van der Waals surface area contributed by atoms with E-state index in [1.165, 1.54) is 0 Å². The summed E-state index contributed by atoms with van der Waals surface area (Å²) in [6.45, 7) is 5.14. The van der Waals surface area contributed by atoms with E-state index in [0.717, 1.165) is 6.08 Å². The normalized spacial score (nSPS) is 11.9. The topological polar surface area (TPSA) is 52.6 Å². The van der Waals surface area contributed by atoms with Crippen LogP contribution in [0.4, 0.5) is 4.39 Å². The lowest BCUT2D eigenvalue weighted by Crippen LogP contribution is -2.27. The van der Waals surface area contributed by atoms with Crippen molar-refractivity contribution in [3.05, 3.63) is 41.7 Å². The number of benzene rings is 1. The standard InChI is InChI=1S/C17H21FO4/c1-4-17(2,3)16(20)22-11-10-21-15(19)14(18)12-13-8-6-5-7-9-13/h5-9,12H,4,10-11H2,1-3H3/b14-12-. The third-order valence-corrected chi connectivity index (χ3v) is 3.27. The smallest absolute Gasteiger partial charge is 0.367 e. The van der Waals surface area contributed by atoms with Crippen LogP contribution in [0.2, 0.25) is 0 Å². The van der Waals surface area contributed by atoms with E-state index in [4.69, 9.17) is 9.47 Å². The number of esters is 2. The van der Waals surface area contributed by atoms with E-state index in [1.54, 1.807) is 44.2 Å². The first-order chi connectivity index (χ1) is 10.4. The van der Waals surface area contributed by atoms with Crippen molar-refractivity contribution in [1.82, 2.24) is 0 Å². The zero-order valence-electron chi connectivity index (χ0n) is 13.1. The third kappa shape index (κ3) is 5.68. The molecule has 0 unspecified atom stereocenters. The van der Waals surface area contributed by atoms with Crippen LogP contribution in [0.25, 0.3) is 6.08 Å². The van der Waals surface area contributed by atoms with Gasteiger partial charge in [-0.1, -0.05) is 37.3 Å². The second-order valence-corrected chi connectivity index (χ2v) is 5.41. The van der Waals surface area contributed by atoms with Gasteiger partial charge in [0.15, 0.2) is 0 Å². The van der Waals surface area contributed by atoms with Gasteiger partial charge in [0.1, 0.15) is 13.2 Å². The highest BCUT2D eigenvalue weighted by atomic mass is 19.1. The molecular formula is C17H21FO4. The number of halogens is 1. The molecule has 0 amide bonds. The summed E-state index contributed by atoms with van der Waals surface area (Å²) in [5.41, 5.74) is -0.0179. The molecule has 0 aromatic heterocycles. The van der Waals surface area contributed by atoms with Gasteiger partial charge < -0.3 is 9.47 Å². The van der Waals surface area contributed by atoms with Crippen LogP contribution in [0.15, 0.2) is 36.2 Å². The summed E-state index contributed by atoms with van der Waals surface area (Å²) in [4.78, 5) is 23.1. The molecule has 0 atom stereocenters. The molecule has 0 spiro atoms. The summed E-state index contributed by atoms with van der Waals surface area (Å²) < 4.78 is 23.3. The summed E-state index contributed by atoms with van der Waals surface area (Å²) in [7, 11) is 0. The largest absolute Gasteiger partial charge is 0.462 e. The Balaban J connectivity index is 2.38. The van der Waals surface area contributed by atoms with Crippen molar-refractivity contribution < 1.29 is 23.5 Å². The molecule has 0 aliphatic carbocycles. The van der Waals surface area contributed by atoms with Crippen molar-refractivity contribution in [1.29, 1.82) is 0 Å². The van der Waals surface area contributed by atoms with Crippen molar-refractivity contribution in [2.45, 2.75) is 27.2 Å². The van der Waals surface area contributed by atoms with E-state index < -0.39 is 17.2 Å². The summed E-state index contributed by atoms with van der Waals surface area (Å²) in [5.74, 6) is -2.44. The molecule has 0 aliphatic heterocycles. The number of rotatable bonds is 7. The quantitative estimate of drug-likeness (QED) is 0.439. The average molecular weight is 308 g/mol. The van der Waals surface area contributed by atoms with Crippen molar-refractivity contribution in [2.24, 2.45) is 5.41 Å². The van der Waals surface area contributed by atoms with Gasteiger partial charge in [-0.05, 0) is 31.9 Å². The zero-order chi connectivity index (χ0) is 16.6. The minimum Gasteiger partial charge on any atom is -0.462 e. The maximum atomic E-state index is 13.6. The van der Waals surface area contributed by atoms with E-state index in [1.807, 2.05) is 6.92 Å². The number of carbonyl (C=O) groups excluding carboxylic acids is 2. The van der Waals surface area contributed by atoms with Gasteiger partial charge in [-0.15, -0.1) is 0 Å². The first-order valence-electron chi connectivity index (χ1n) is 7.13. The van der Waals surface area contributed by atoms with E-state index >= 15 is 0 Å². The molecule has 1 aromatic rings. The van der Waals surface area contributed by atoms with E-state index in [2.05, 4.69) is 0 Å². The van der Waals surface area contributed by atoms with Crippen molar-refractivity contribution in [2.75, 3.05) is 13.2 Å². The number of ether oxygens (including phenoxy) is 2. The van der Waals surface area contributed by atoms with Crippen LogP contribution in [-0.2, 0) is 19.1 Å². The molecule has 1 aromatic carbocycles. The summed E-state index contributed by atoms with van der Waals surface area (Å²) in [6.07, 6.45) is 1.73. The van der Waals surface area contributed by atoms with Gasteiger partial charge in [0, 0.05) is 0 Å². The Labute approximate surface area is 129 Å². The molecule has 0 saturated heterocycles. The Bertz CT molecular complexity index is 535. The van der Waals surface area contributed by atoms with Crippen molar-refractivity contribution in [3.63, 3.8) is 0 Å². The monoisotopic (exact) mass is 308 g/mol. The average Bonchev–Trinajstić information content (AvgIpc) is 2.51. The molecule has 1 rings (SSSR count). The summed E-state index contributed by atoms with van der Waals surface area (Å²) in [6, 6.07) is 8.60. The Kier molecular flexibility index (Phi) is 6.76. The van der Waals surface area contributed by atoms with Crippen molar-refractivity contribution in [3.8, 4) is 0 Å². The zero-order valence-corrected chi connectivity index (χ0v) is 13.1. The van der Waals surface area contributed by atoms with Crippen LogP contribution >= 0.6 is 0 Å². The molecule has 0 radical (unpaired) electrons. The Morgan fingerprint density at radius 2 is 1.73 bits per heavy atom. The van der Waals surface area contributed by atoms with Crippen LogP contribution in [0.5, 0.6) is 0 Å². The molecule has 0 aliphatic rings. The van der Waals surface area contributed by atoms with Crippen LogP contribution in [0.3, 0.4) is 0 Å². The lowest BCUT2D eigenvalue weighted by molar-refractivity contribution is -0.158. The molecule has 4 nitrogen and oxygen atoms in total. The Hall–Kier alpha value is -2.17. The van der Waals surface area contributed by atoms with Gasteiger partial charge in [0.2, 0.25) is 5.83 Å². The molecule has 0 heterocycles. The lowest BCUT2D eigenvalue weighted by atomic mass is 9.91. The predicted octanol–water partition coefficient (Wildman–Crippen LogP) is 3.52. The second kappa shape index (κ2) is 8.32. The highest BCUT2D eigenvalue weighted by Crippen LogP contribution is 2.21. The van der Waals surface area contributed by atoms with Crippen LogP contribution in [0.1, 0.15) is 32.8 Å². The fourth-order valence-corrected chi connectivity index (χ4v) is 1.43. The fraction of sp³-hybridized carbons (Fsp3) is 0.412. The van der Waals surface area contributed by atoms with Gasteiger partial charge in [-0.25, -0.2) is 4.79 Å². The van der Waals surface area contributed by atoms with Crippen LogP contribution in [-0.4, -0.2) is 25.2 Å². The maximum Gasteiger partial charge on any atom is 0.367 e. The number of carbonyl (C=O) groups is 2. The van der Waals surface area contributed by atoms with Gasteiger partial charge in [0.25, 0.3) is 0 Å². The lowest BCUT2D eigenvalue weighted by Gasteiger charge is -2.20.